The molecule has 0 aliphatic heterocycles. The molecule has 5 aromatic rings. The van der Waals surface area contributed by atoms with Crippen LogP contribution >= 0.6 is 0 Å². The summed E-state index contributed by atoms with van der Waals surface area (Å²) in [6, 6.07) is 2.51. The average molecular weight is 588 g/mol. The normalized spacial score (nSPS) is 18.2. The van der Waals surface area contributed by atoms with E-state index in [1.165, 1.54) is 47.3 Å². The molecule has 0 fully saturated rings. The number of rotatable bonds is 8. The average Bonchev–Trinajstić information content (AvgIpc) is 3.05. The molecule has 0 aromatic heterocycles. The molecule has 2 atom stereocenters. The number of Topliss-reactive ketones (excluding diaryl/α,β-unsaturated/α-hetero) is 1. The summed E-state index contributed by atoms with van der Waals surface area (Å²) < 4.78 is 17.1. The molecule has 0 saturated heterocycles. The number of unbranched alkanes of at least 4 members (excludes halogenated alkanes) is 1. The number of methoxy groups -OCH3 is 3. The van der Waals surface area contributed by atoms with Gasteiger partial charge in [-0.3, -0.25) is 14.4 Å². The standard InChI is InChI=1S/C33H33NO9/c1-7-8-9-34-29-27-25-19-14(12-33(3,40)28(27)13(2)35)32(43-6)31(39)21-16(37)11-17(41-4)22(24(19)21)23-18(42-5)10-15(36)20(26(23)25)30(29)38/h10-11,28,34,38-40H,7-9,12H2,1-6H3. The summed E-state index contributed by atoms with van der Waals surface area (Å²) in [4.78, 5) is 40.9. The minimum atomic E-state index is -1.75. The van der Waals surface area contributed by atoms with Crippen LogP contribution in [0.4, 0.5) is 5.69 Å². The van der Waals surface area contributed by atoms with Gasteiger partial charge in [-0.1, -0.05) is 13.3 Å². The van der Waals surface area contributed by atoms with Gasteiger partial charge in [0, 0.05) is 57.8 Å². The highest BCUT2D eigenvalue weighted by Crippen LogP contribution is 2.59. The van der Waals surface area contributed by atoms with E-state index in [4.69, 9.17) is 14.2 Å². The highest BCUT2D eigenvalue weighted by atomic mass is 16.5. The van der Waals surface area contributed by atoms with Gasteiger partial charge in [-0.2, -0.15) is 0 Å². The Balaban J connectivity index is 2.11. The summed E-state index contributed by atoms with van der Waals surface area (Å²) in [6.45, 7) is 5.31. The van der Waals surface area contributed by atoms with Crippen molar-refractivity contribution in [3.8, 4) is 28.7 Å². The number of anilines is 1. The van der Waals surface area contributed by atoms with Crippen molar-refractivity contribution in [2.24, 2.45) is 0 Å². The van der Waals surface area contributed by atoms with Gasteiger partial charge in [0.15, 0.2) is 28.1 Å². The van der Waals surface area contributed by atoms with Crippen LogP contribution in [0.1, 0.15) is 50.7 Å². The minimum absolute atomic E-state index is 0.0116. The Morgan fingerprint density at radius 3 is 1.95 bits per heavy atom. The molecule has 1 aliphatic rings. The first-order valence-corrected chi connectivity index (χ1v) is 14.2. The van der Waals surface area contributed by atoms with Crippen LogP contribution in [0.5, 0.6) is 28.7 Å². The fourth-order valence-electron chi connectivity index (χ4n) is 7.29. The fraction of sp³-hybridized carbons (Fsp3) is 0.364. The third-order valence-corrected chi connectivity index (χ3v) is 8.88. The number of hydrogen-bond acceptors (Lipinski definition) is 10. The third-order valence-electron chi connectivity index (χ3n) is 8.88. The summed E-state index contributed by atoms with van der Waals surface area (Å²) in [7, 11) is 4.15. The van der Waals surface area contributed by atoms with Crippen LogP contribution in [0.15, 0.2) is 21.7 Å². The Bertz CT molecular complexity index is 2100. The van der Waals surface area contributed by atoms with Gasteiger partial charge in [0.25, 0.3) is 0 Å². The van der Waals surface area contributed by atoms with Crippen LogP contribution < -0.4 is 30.4 Å². The van der Waals surface area contributed by atoms with Crippen LogP contribution in [0.3, 0.4) is 0 Å². The molecular weight excluding hydrogens is 554 g/mol. The topological polar surface area (TPSA) is 152 Å². The third kappa shape index (κ3) is 3.65. The largest absolute Gasteiger partial charge is 0.505 e. The summed E-state index contributed by atoms with van der Waals surface area (Å²) in [5.41, 5.74) is -1.99. The number of ether oxygens (including phenoxy) is 3. The van der Waals surface area contributed by atoms with Gasteiger partial charge < -0.3 is 34.8 Å². The zero-order valence-electron chi connectivity index (χ0n) is 24.9. The van der Waals surface area contributed by atoms with Gasteiger partial charge in [-0.05, 0) is 31.0 Å². The van der Waals surface area contributed by atoms with Gasteiger partial charge in [0.1, 0.15) is 17.3 Å². The molecule has 0 bridgehead atoms. The molecule has 10 heteroatoms. The van der Waals surface area contributed by atoms with Crippen molar-refractivity contribution in [2.75, 3.05) is 33.2 Å². The van der Waals surface area contributed by atoms with Crippen LogP contribution in [0, 0.1) is 0 Å². The first-order valence-electron chi connectivity index (χ1n) is 14.2. The molecule has 1 aliphatic carbocycles. The van der Waals surface area contributed by atoms with E-state index in [-0.39, 0.29) is 51.7 Å². The maximum Gasteiger partial charge on any atom is 0.194 e. The SMILES string of the molecule is CCCCNc1c(O)c2c(=O)cc(OC)c3c4c(OC)cc(=O)c5c(O)c(OC)c6c(c(c1C(C(C)=O)C(C)(O)C6)c23)c54. The number of carbonyl (C=O) groups excluding carboxylic acids is 1. The van der Waals surface area contributed by atoms with Gasteiger partial charge in [0.2, 0.25) is 0 Å². The van der Waals surface area contributed by atoms with E-state index in [0.29, 0.717) is 50.0 Å². The van der Waals surface area contributed by atoms with Crippen LogP contribution in [-0.2, 0) is 11.2 Å². The van der Waals surface area contributed by atoms with Gasteiger partial charge in [0.05, 0.1) is 49.3 Å². The monoisotopic (exact) mass is 587 g/mol. The van der Waals surface area contributed by atoms with E-state index >= 15 is 0 Å². The van der Waals surface area contributed by atoms with E-state index < -0.39 is 28.1 Å². The molecular formula is C33H33NO9. The molecule has 4 N–H and O–H groups in total. The summed E-state index contributed by atoms with van der Waals surface area (Å²) in [5.74, 6) is -2.03. The number of hydrogen-bond donors (Lipinski definition) is 4. The lowest BCUT2D eigenvalue weighted by Gasteiger charge is -2.32. The van der Waals surface area contributed by atoms with Crippen molar-refractivity contribution in [3.63, 3.8) is 0 Å². The second-order valence-corrected chi connectivity index (χ2v) is 11.5. The number of phenolic OH excluding ortho intramolecular Hbond substituents is 2. The molecule has 0 saturated carbocycles. The Kier molecular flexibility index (Phi) is 6.46. The molecule has 0 amide bonds. The minimum Gasteiger partial charge on any atom is -0.505 e. The zero-order valence-corrected chi connectivity index (χ0v) is 24.9. The van der Waals surface area contributed by atoms with Crippen molar-refractivity contribution < 1.29 is 34.3 Å². The summed E-state index contributed by atoms with van der Waals surface area (Å²) in [5, 5.41) is 40.9. The molecule has 224 valence electrons. The second-order valence-electron chi connectivity index (χ2n) is 11.5. The quantitative estimate of drug-likeness (QED) is 0.0882. The fourth-order valence-corrected chi connectivity index (χ4v) is 7.29. The molecule has 6 rings (SSSR count). The molecule has 0 heterocycles. The molecule has 0 radical (unpaired) electrons. The number of carbonyl (C=O) groups is 1. The predicted molar refractivity (Wildman–Crippen MR) is 166 cm³/mol. The first kappa shape index (κ1) is 28.5. The van der Waals surface area contributed by atoms with E-state index in [0.717, 1.165) is 12.8 Å². The number of fused-ring (bicyclic) bond motifs is 1. The van der Waals surface area contributed by atoms with Crippen LogP contribution in [0.2, 0.25) is 0 Å². The maximum absolute atomic E-state index is 13.8. The molecule has 43 heavy (non-hydrogen) atoms. The zero-order chi connectivity index (χ0) is 31.1. The lowest BCUT2D eigenvalue weighted by Crippen LogP contribution is -2.39. The van der Waals surface area contributed by atoms with Gasteiger partial charge >= 0.3 is 0 Å². The van der Waals surface area contributed by atoms with E-state index in [1.54, 1.807) is 0 Å². The number of aliphatic hydroxyl groups is 1. The Hall–Kier alpha value is -4.57. The Morgan fingerprint density at radius 2 is 1.44 bits per heavy atom. The number of aromatic hydroxyl groups is 2. The van der Waals surface area contributed by atoms with E-state index in [2.05, 4.69) is 5.32 Å². The van der Waals surface area contributed by atoms with Crippen molar-refractivity contribution >= 4 is 54.6 Å². The lowest BCUT2D eigenvalue weighted by atomic mass is 9.76. The van der Waals surface area contributed by atoms with E-state index in [9.17, 15) is 29.7 Å². The molecule has 5 aromatic carbocycles. The van der Waals surface area contributed by atoms with Crippen LogP contribution in [-0.4, -0.2) is 54.6 Å². The lowest BCUT2D eigenvalue weighted by molar-refractivity contribution is -0.124. The highest BCUT2D eigenvalue weighted by molar-refractivity contribution is 6.39. The number of ketones is 1. The van der Waals surface area contributed by atoms with Crippen molar-refractivity contribution in [3.05, 3.63) is 43.7 Å². The summed E-state index contributed by atoms with van der Waals surface area (Å²) in [6.07, 6.45) is 1.41. The smallest absolute Gasteiger partial charge is 0.194 e. The molecule has 2 unspecified atom stereocenters. The van der Waals surface area contributed by atoms with Gasteiger partial charge in [-0.15, -0.1) is 0 Å². The first-order chi connectivity index (χ1) is 20.4. The van der Waals surface area contributed by atoms with Crippen molar-refractivity contribution in [1.82, 2.24) is 0 Å². The van der Waals surface area contributed by atoms with Crippen LogP contribution in [0.25, 0.3) is 43.1 Å². The van der Waals surface area contributed by atoms with E-state index in [1.807, 2.05) is 6.92 Å². The molecule has 10 nitrogen and oxygen atoms in total. The Labute approximate surface area is 246 Å². The number of benzene rings is 5. The van der Waals surface area contributed by atoms with Crippen molar-refractivity contribution in [2.45, 2.75) is 51.6 Å². The number of phenols is 2. The van der Waals surface area contributed by atoms with Crippen molar-refractivity contribution in [1.29, 1.82) is 0 Å². The summed E-state index contributed by atoms with van der Waals surface area (Å²) >= 11 is 0. The second kappa shape index (κ2) is 9.74. The van der Waals surface area contributed by atoms with Gasteiger partial charge in [-0.25, -0.2) is 0 Å². The molecule has 0 spiro atoms. The Morgan fingerprint density at radius 1 is 0.884 bits per heavy atom. The number of nitrogens with one attached hydrogen (secondary N) is 1. The highest BCUT2D eigenvalue weighted by Gasteiger charge is 2.45. The predicted octanol–water partition coefficient (Wildman–Crippen LogP) is 4.52. The maximum atomic E-state index is 13.8.